The first kappa shape index (κ1) is 15.6. The van der Waals surface area contributed by atoms with Crippen LogP contribution in [0, 0.1) is 5.41 Å². The number of ketones is 3. The molecule has 2 aliphatic carbocycles. The molecule has 0 saturated carbocycles. The molecule has 2 aromatic rings. The molecular weight excluding hydrogens is 320 g/mol. The lowest BCUT2D eigenvalue weighted by atomic mass is 9.69. The average Bonchev–Trinajstić information content (AvgIpc) is 2.52. The first-order chi connectivity index (χ1) is 11.7. The molecule has 0 fully saturated rings. The van der Waals surface area contributed by atoms with E-state index in [1.165, 1.54) is 18.2 Å². The summed E-state index contributed by atoms with van der Waals surface area (Å²) >= 11 is 0. The van der Waals surface area contributed by atoms with E-state index in [2.05, 4.69) is 0 Å². The van der Waals surface area contributed by atoms with E-state index in [-0.39, 0.29) is 56.9 Å². The molecule has 0 spiro atoms. The standard InChI is InChI=1S/C20H16O5/c1-20(2)7-9-3-4-10-15(14(9)13(23)8-20)19(25)17-12(22)6-5-11(21)16(17)18(10)24/h3-6,21-22H,7-8H2,1-2H3. The monoisotopic (exact) mass is 336 g/mol. The van der Waals surface area contributed by atoms with Gasteiger partial charge in [0.25, 0.3) is 0 Å². The van der Waals surface area contributed by atoms with Gasteiger partial charge in [-0.25, -0.2) is 0 Å². The minimum atomic E-state index is -0.595. The first-order valence-electron chi connectivity index (χ1n) is 8.05. The fraction of sp³-hybridized carbons (Fsp3) is 0.250. The van der Waals surface area contributed by atoms with Crippen LogP contribution in [0.1, 0.15) is 68.0 Å². The summed E-state index contributed by atoms with van der Waals surface area (Å²) in [6.07, 6.45) is 0.915. The summed E-state index contributed by atoms with van der Waals surface area (Å²) in [6, 6.07) is 5.60. The van der Waals surface area contributed by atoms with E-state index in [4.69, 9.17) is 0 Å². The van der Waals surface area contributed by atoms with Crippen molar-refractivity contribution in [1.29, 1.82) is 0 Å². The van der Waals surface area contributed by atoms with Crippen molar-refractivity contribution in [3.63, 3.8) is 0 Å². The molecule has 0 heterocycles. The van der Waals surface area contributed by atoms with Crippen LogP contribution in [-0.2, 0) is 6.42 Å². The fourth-order valence-electron chi connectivity index (χ4n) is 3.94. The van der Waals surface area contributed by atoms with Crippen molar-refractivity contribution in [2.24, 2.45) is 5.41 Å². The molecule has 4 rings (SSSR count). The predicted octanol–water partition coefficient (Wildman–Crippen LogP) is 3.03. The maximum Gasteiger partial charge on any atom is 0.199 e. The van der Waals surface area contributed by atoms with E-state index in [1.54, 1.807) is 6.07 Å². The van der Waals surface area contributed by atoms with Gasteiger partial charge >= 0.3 is 0 Å². The van der Waals surface area contributed by atoms with Crippen molar-refractivity contribution in [3.05, 3.63) is 57.6 Å². The topological polar surface area (TPSA) is 91.7 Å². The number of hydrogen-bond donors (Lipinski definition) is 2. The Kier molecular flexibility index (Phi) is 2.98. The Bertz CT molecular complexity index is 998. The molecule has 126 valence electrons. The van der Waals surface area contributed by atoms with Crippen molar-refractivity contribution < 1.29 is 24.6 Å². The van der Waals surface area contributed by atoms with Crippen LogP contribution in [-0.4, -0.2) is 27.6 Å². The van der Waals surface area contributed by atoms with Crippen LogP contribution in [0.3, 0.4) is 0 Å². The quantitative estimate of drug-likeness (QED) is 0.616. The Labute approximate surface area is 143 Å². The van der Waals surface area contributed by atoms with Gasteiger partial charge in [0.05, 0.1) is 11.1 Å². The zero-order chi connectivity index (χ0) is 18.1. The van der Waals surface area contributed by atoms with Crippen molar-refractivity contribution >= 4 is 17.3 Å². The molecule has 2 aromatic carbocycles. The van der Waals surface area contributed by atoms with Gasteiger partial charge in [-0.3, -0.25) is 14.4 Å². The van der Waals surface area contributed by atoms with Crippen LogP contribution in [0.25, 0.3) is 0 Å². The summed E-state index contributed by atoms with van der Waals surface area (Å²) in [4.78, 5) is 38.6. The predicted molar refractivity (Wildman–Crippen MR) is 89.5 cm³/mol. The van der Waals surface area contributed by atoms with E-state index in [0.29, 0.717) is 6.42 Å². The van der Waals surface area contributed by atoms with Gasteiger partial charge in [-0.2, -0.15) is 0 Å². The summed E-state index contributed by atoms with van der Waals surface area (Å²) in [6.45, 7) is 3.97. The summed E-state index contributed by atoms with van der Waals surface area (Å²) in [7, 11) is 0. The molecule has 2 N–H and O–H groups in total. The van der Waals surface area contributed by atoms with Gasteiger partial charge in [0.2, 0.25) is 0 Å². The zero-order valence-electron chi connectivity index (χ0n) is 13.8. The highest BCUT2D eigenvalue weighted by Crippen LogP contribution is 2.42. The van der Waals surface area contributed by atoms with Crippen molar-refractivity contribution in [3.8, 4) is 11.5 Å². The van der Waals surface area contributed by atoms with Crippen molar-refractivity contribution in [2.45, 2.75) is 26.7 Å². The number of carbonyl (C=O) groups excluding carboxylic acids is 3. The maximum absolute atomic E-state index is 13.0. The third-order valence-electron chi connectivity index (χ3n) is 4.97. The fourth-order valence-corrected chi connectivity index (χ4v) is 3.94. The number of Topliss-reactive ketones (excluding diaryl/α,β-unsaturated/α-hetero) is 1. The van der Waals surface area contributed by atoms with Gasteiger partial charge in [0.1, 0.15) is 11.5 Å². The Morgan fingerprint density at radius 3 is 2.00 bits per heavy atom. The van der Waals surface area contributed by atoms with Crippen LogP contribution >= 0.6 is 0 Å². The van der Waals surface area contributed by atoms with Gasteiger partial charge in [-0.15, -0.1) is 0 Å². The van der Waals surface area contributed by atoms with Crippen LogP contribution in [0.15, 0.2) is 24.3 Å². The Morgan fingerprint density at radius 1 is 0.760 bits per heavy atom. The van der Waals surface area contributed by atoms with Crippen LogP contribution in [0.5, 0.6) is 11.5 Å². The lowest BCUT2D eigenvalue weighted by molar-refractivity contribution is 0.0899. The summed E-state index contributed by atoms with van der Waals surface area (Å²) < 4.78 is 0. The minimum absolute atomic E-state index is 0.0522. The Morgan fingerprint density at radius 2 is 1.36 bits per heavy atom. The lowest BCUT2D eigenvalue weighted by Crippen LogP contribution is -2.32. The first-order valence-corrected chi connectivity index (χ1v) is 8.05. The molecule has 0 unspecified atom stereocenters. The smallest absolute Gasteiger partial charge is 0.199 e. The normalized spacial score (nSPS) is 17.8. The third kappa shape index (κ3) is 2.05. The maximum atomic E-state index is 13.0. The minimum Gasteiger partial charge on any atom is -0.507 e. The average molecular weight is 336 g/mol. The number of carbonyl (C=O) groups is 3. The van der Waals surface area contributed by atoms with E-state index in [1.807, 2.05) is 13.8 Å². The summed E-state index contributed by atoms with van der Waals surface area (Å²) in [5.74, 6) is -2.06. The van der Waals surface area contributed by atoms with Gasteiger partial charge in [0.15, 0.2) is 17.3 Å². The Balaban J connectivity index is 2.04. The highest BCUT2D eigenvalue weighted by atomic mass is 16.3. The number of phenols is 2. The van der Waals surface area contributed by atoms with Gasteiger partial charge in [-0.1, -0.05) is 19.9 Å². The third-order valence-corrected chi connectivity index (χ3v) is 4.97. The highest BCUT2D eigenvalue weighted by Gasteiger charge is 2.41. The van der Waals surface area contributed by atoms with E-state index in [0.717, 1.165) is 5.56 Å². The van der Waals surface area contributed by atoms with Gasteiger partial charge < -0.3 is 10.2 Å². The molecule has 0 radical (unpaired) electrons. The molecule has 0 aromatic heterocycles. The molecule has 0 aliphatic heterocycles. The molecular formula is C20H16O5. The number of phenolic OH excluding ortho intramolecular Hbond substituents is 2. The molecule has 0 saturated heterocycles. The van der Waals surface area contributed by atoms with E-state index in [9.17, 15) is 24.6 Å². The number of aromatic hydroxyl groups is 2. The van der Waals surface area contributed by atoms with Crippen molar-refractivity contribution in [2.75, 3.05) is 0 Å². The van der Waals surface area contributed by atoms with Crippen LogP contribution in [0.2, 0.25) is 0 Å². The van der Waals surface area contributed by atoms with Crippen LogP contribution < -0.4 is 0 Å². The Hall–Kier alpha value is -2.95. The number of fused-ring (bicyclic) bond motifs is 4. The SMILES string of the molecule is CC1(C)CC(=O)c2c(ccc3c2C(=O)c2c(O)ccc(O)c2C3=O)C1. The number of rotatable bonds is 0. The second-order valence-electron chi connectivity index (χ2n) is 7.48. The second kappa shape index (κ2) is 4.79. The largest absolute Gasteiger partial charge is 0.507 e. The number of benzene rings is 2. The second-order valence-corrected chi connectivity index (χ2v) is 7.48. The molecule has 0 atom stereocenters. The highest BCUT2D eigenvalue weighted by molar-refractivity contribution is 6.32. The summed E-state index contributed by atoms with van der Waals surface area (Å²) in [5, 5.41) is 20.1. The molecule has 0 amide bonds. The van der Waals surface area contributed by atoms with Crippen molar-refractivity contribution in [1.82, 2.24) is 0 Å². The van der Waals surface area contributed by atoms with Gasteiger partial charge in [-0.05, 0) is 35.6 Å². The molecule has 2 aliphatic rings. The lowest BCUT2D eigenvalue weighted by Gasteiger charge is -2.32. The summed E-state index contributed by atoms with van der Waals surface area (Å²) in [5.41, 5.74) is 0.525. The number of hydrogen-bond acceptors (Lipinski definition) is 5. The van der Waals surface area contributed by atoms with E-state index >= 15 is 0 Å². The molecule has 0 bridgehead atoms. The molecule has 25 heavy (non-hydrogen) atoms. The zero-order valence-corrected chi connectivity index (χ0v) is 13.8. The molecule has 5 nitrogen and oxygen atoms in total. The molecule has 5 heteroatoms. The van der Waals surface area contributed by atoms with Crippen LogP contribution in [0.4, 0.5) is 0 Å². The van der Waals surface area contributed by atoms with E-state index < -0.39 is 11.6 Å². The van der Waals surface area contributed by atoms with Gasteiger partial charge in [0, 0.05) is 23.1 Å².